The van der Waals surface area contributed by atoms with Gasteiger partial charge in [-0.3, -0.25) is 14.8 Å². The molecule has 6 heteroatoms. The summed E-state index contributed by atoms with van der Waals surface area (Å²) in [7, 11) is 0. The normalized spacial score (nSPS) is 10.3. The second-order valence-corrected chi connectivity index (χ2v) is 5.96. The summed E-state index contributed by atoms with van der Waals surface area (Å²) in [6.07, 6.45) is 4.98. The molecule has 0 aliphatic rings. The zero-order valence-electron chi connectivity index (χ0n) is 13.7. The van der Waals surface area contributed by atoms with Crippen molar-refractivity contribution in [2.24, 2.45) is 0 Å². The van der Waals surface area contributed by atoms with Crippen LogP contribution in [0.3, 0.4) is 0 Å². The lowest BCUT2D eigenvalue weighted by Gasteiger charge is -2.09. The molecule has 0 atom stereocenters. The van der Waals surface area contributed by atoms with Gasteiger partial charge in [0.1, 0.15) is 5.69 Å². The fraction of sp³-hybridized carbons (Fsp3) is 0.105. The second-order valence-electron chi connectivity index (χ2n) is 5.56. The quantitative estimate of drug-likeness (QED) is 0.725. The molecule has 0 spiro atoms. The number of amides is 1. The van der Waals surface area contributed by atoms with Gasteiger partial charge in [0.15, 0.2) is 0 Å². The number of hydrogen-bond acceptors (Lipinski definition) is 4. The van der Waals surface area contributed by atoms with Gasteiger partial charge in [-0.1, -0.05) is 17.7 Å². The first-order valence-electron chi connectivity index (χ1n) is 7.78. The first-order chi connectivity index (χ1) is 12.1. The molecule has 2 heterocycles. The summed E-state index contributed by atoms with van der Waals surface area (Å²) >= 11 is 6.14. The number of hydrogen-bond donors (Lipinski definition) is 2. The molecule has 126 valence electrons. The Bertz CT molecular complexity index is 884. The van der Waals surface area contributed by atoms with Gasteiger partial charge in [0.2, 0.25) is 0 Å². The number of aryl methyl sites for hydroxylation is 1. The number of nitrogens with zero attached hydrogens (tertiary/aromatic N) is 2. The van der Waals surface area contributed by atoms with Crippen LogP contribution in [-0.4, -0.2) is 15.9 Å². The number of rotatable bonds is 5. The van der Waals surface area contributed by atoms with Crippen molar-refractivity contribution in [1.82, 2.24) is 15.3 Å². The van der Waals surface area contributed by atoms with Crippen LogP contribution in [0.1, 0.15) is 21.6 Å². The molecule has 2 aromatic heterocycles. The molecule has 0 aliphatic heterocycles. The monoisotopic (exact) mass is 352 g/mol. The third kappa shape index (κ3) is 4.55. The van der Waals surface area contributed by atoms with Crippen molar-refractivity contribution in [2.45, 2.75) is 13.5 Å². The lowest BCUT2D eigenvalue weighted by atomic mass is 10.2. The Kier molecular flexibility index (Phi) is 5.26. The zero-order chi connectivity index (χ0) is 17.6. The van der Waals surface area contributed by atoms with Gasteiger partial charge >= 0.3 is 0 Å². The molecule has 0 radical (unpaired) electrons. The van der Waals surface area contributed by atoms with E-state index in [0.29, 0.717) is 17.3 Å². The molecule has 0 saturated heterocycles. The van der Waals surface area contributed by atoms with E-state index in [0.717, 1.165) is 22.5 Å². The fourth-order valence-electron chi connectivity index (χ4n) is 2.24. The Hall–Kier alpha value is -2.92. The van der Waals surface area contributed by atoms with Gasteiger partial charge in [0, 0.05) is 41.5 Å². The Morgan fingerprint density at radius 2 is 1.80 bits per heavy atom. The van der Waals surface area contributed by atoms with Crippen molar-refractivity contribution in [2.75, 3.05) is 5.32 Å². The van der Waals surface area contributed by atoms with Crippen LogP contribution in [-0.2, 0) is 6.54 Å². The lowest BCUT2D eigenvalue weighted by Crippen LogP contribution is -2.23. The Morgan fingerprint density at radius 3 is 2.56 bits per heavy atom. The van der Waals surface area contributed by atoms with E-state index in [1.165, 1.54) is 0 Å². The predicted molar refractivity (Wildman–Crippen MR) is 99.1 cm³/mol. The molecule has 3 aromatic rings. The van der Waals surface area contributed by atoms with Crippen LogP contribution in [0.25, 0.3) is 0 Å². The number of carbonyl (C=O) groups is 1. The minimum atomic E-state index is -0.234. The van der Waals surface area contributed by atoms with E-state index in [4.69, 9.17) is 11.6 Å². The molecular formula is C19H17ClN4O. The molecule has 25 heavy (non-hydrogen) atoms. The Balaban J connectivity index is 1.68. The highest BCUT2D eigenvalue weighted by atomic mass is 35.5. The zero-order valence-corrected chi connectivity index (χ0v) is 14.4. The average molecular weight is 353 g/mol. The molecule has 1 aromatic carbocycles. The maximum atomic E-state index is 12.3. The van der Waals surface area contributed by atoms with Gasteiger partial charge in [-0.2, -0.15) is 0 Å². The van der Waals surface area contributed by atoms with Crippen molar-refractivity contribution in [1.29, 1.82) is 0 Å². The number of halogens is 1. The minimum absolute atomic E-state index is 0.234. The van der Waals surface area contributed by atoms with Crippen molar-refractivity contribution in [3.63, 3.8) is 0 Å². The first kappa shape index (κ1) is 16.9. The number of carbonyl (C=O) groups excluding carboxylic acids is 1. The topological polar surface area (TPSA) is 66.9 Å². The van der Waals surface area contributed by atoms with Crippen LogP contribution in [0, 0.1) is 6.92 Å². The van der Waals surface area contributed by atoms with Crippen molar-refractivity contribution in [3.05, 3.63) is 82.9 Å². The van der Waals surface area contributed by atoms with E-state index in [9.17, 15) is 4.79 Å². The van der Waals surface area contributed by atoms with Gasteiger partial charge in [0.05, 0.1) is 0 Å². The van der Waals surface area contributed by atoms with Gasteiger partial charge < -0.3 is 10.6 Å². The van der Waals surface area contributed by atoms with E-state index < -0.39 is 0 Å². The van der Waals surface area contributed by atoms with Crippen molar-refractivity contribution >= 4 is 28.9 Å². The van der Waals surface area contributed by atoms with Gasteiger partial charge in [0.25, 0.3) is 5.91 Å². The summed E-state index contributed by atoms with van der Waals surface area (Å²) in [5.74, 6) is -0.234. The number of aromatic nitrogens is 2. The molecule has 5 nitrogen and oxygen atoms in total. The van der Waals surface area contributed by atoms with Gasteiger partial charge in [-0.25, -0.2) is 0 Å². The van der Waals surface area contributed by atoms with E-state index >= 15 is 0 Å². The molecule has 0 fully saturated rings. The van der Waals surface area contributed by atoms with Crippen LogP contribution in [0.2, 0.25) is 5.02 Å². The van der Waals surface area contributed by atoms with E-state index in [1.807, 2.05) is 37.3 Å². The standard InChI is InChI=1S/C19H17ClN4O/c1-13-2-3-15(10-17(13)20)24-16-6-9-22-18(11-16)19(25)23-12-14-4-7-21-8-5-14/h2-11H,12H2,1H3,(H,22,24)(H,23,25). The molecule has 0 saturated carbocycles. The lowest BCUT2D eigenvalue weighted by molar-refractivity contribution is 0.0946. The minimum Gasteiger partial charge on any atom is -0.355 e. The summed E-state index contributed by atoms with van der Waals surface area (Å²) in [6.45, 7) is 2.37. The van der Waals surface area contributed by atoms with Crippen LogP contribution >= 0.6 is 11.6 Å². The summed E-state index contributed by atoms with van der Waals surface area (Å²) in [4.78, 5) is 20.4. The van der Waals surface area contributed by atoms with E-state index in [1.54, 1.807) is 30.7 Å². The van der Waals surface area contributed by atoms with E-state index in [-0.39, 0.29) is 5.91 Å². The summed E-state index contributed by atoms with van der Waals surface area (Å²) in [6, 6.07) is 12.9. The third-order valence-corrected chi connectivity index (χ3v) is 4.06. The largest absolute Gasteiger partial charge is 0.355 e. The molecular weight excluding hydrogens is 336 g/mol. The molecule has 0 unspecified atom stereocenters. The summed E-state index contributed by atoms with van der Waals surface area (Å²) in [5, 5.41) is 6.76. The number of nitrogens with one attached hydrogen (secondary N) is 2. The maximum Gasteiger partial charge on any atom is 0.270 e. The van der Waals surface area contributed by atoms with Crippen LogP contribution in [0.5, 0.6) is 0 Å². The molecule has 2 N–H and O–H groups in total. The van der Waals surface area contributed by atoms with Crippen molar-refractivity contribution < 1.29 is 4.79 Å². The van der Waals surface area contributed by atoms with Crippen LogP contribution in [0.4, 0.5) is 11.4 Å². The van der Waals surface area contributed by atoms with Crippen molar-refractivity contribution in [3.8, 4) is 0 Å². The highest BCUT2D eigenvalue weighted by molar-refractivity contribution is 6.31. The maximum absolute atomic E-state index is 12.3. The van der Waals surface area contributed by atoms with Crippen LogP contribution < -0.4 is 10.6 Å². The Labute approximate surface area is 151 Å². The number of benzene rings is 1. The fourth-order valence-corrected chi connectivity index (χ4v) is 2.42. The number of pyridine rings is 2. The van der Waals surface area contributed by atoms with Gasteiger partial charge in [-0.05, 0) is 54.4 Å². The average Bonchev–Trinajstić information content (AvgIpc) is 2.64. The van der Waals surface area contributed by atoms with Crippen LogP contribution in [0.15, 0.2) is 61.1 Å². The third-order valence-electron chi connectivity index (χ3n) is 3.66. The summed E-state index contributed by atoms with van der Waals surface area (Å²) in [5.41, 5.74) is 3.95. The smallest absolute Gasteiger partial charge is 0.270 e. The molecule has 3 rings (SSSR count). The highest BCUT2D eigenvalue weighted by Crippen LogP contribution is 2.23. The predicted octanol–water partition coefficient (Wildman–Crippen LogP) is 4.11. The second kappa shape index (κ2) is 7.77. The molecule has 0 bridgehead atoms. The molecule has 0 aliphatic carbocycles. The van der Waals surface area contributed by atoms with Gasteiger partial charge in [-0.15, -0.1) is 0 Å². The highest BCUT2D eigenvalue weighted by Gasteiger charge is 2.08. The number of anilines is 2. The molecule has 1 amide bonds. The first-order valence-corrected chi connectivity index (χ1v) is 8.16. The summed E-state index contributed by atoms with van der Waals surface area (Å²) < 4.78 is 0. The Morgan fingerprint density at radius 1 is 1.04 bits per heavy atom. The van der Waals surface area contributed by atoms with E-state index in [2.05, 4.69) is 20.6 Å². The SMILES string of the molecule is Cc1ccc(Nc2ccnc(C(=O)NCc3ccncc3)c2)cc1Cl.